The SMILES string of the molecule is COc1cc(-c2ccc3ncc(NC(=O)Nc4cccc(-n5cccc5)c4)nc3n2)ccc1O. The number of methoxy groups -OCH3 is 1. The minimum Gasteiger partial charge on any atom is -0.504 e. The number of aromatic nitrogens is 4. The monoisotopic (exact) mass is 452 g/mol. The molecule has 3 aromatic heterocycles. The Labute approximate surface area is 194 Å². The molecule has 0 spiro atoms. The second-order valence-corrected chi connectivity index (χ2v) is 7.40. The molecule has 0 atom stereocenters. The maximum atomic E-state index is 12.6. The zero-order valence-corrected chi connectivity index (χ0v) is 18.1. The molecule has 0 saturated carbocycles. The number of rotatable bonds is 5. The fourth-order valence-corrected chi connectivity index (χ4v) is 3.49. The topological polar surface area (TPSA) is 114 Å². The van der Waals surface area contributed by atoms with Crippen molar-refractivity contribution in [2.75, 3.05) is 17.7 Å². The zero-order valence-electron chi connectivity index (χ0n) is 18.1. The first kappa shape index (κ1) is 21.0. The summed E-state index contributed by atoms with van der Waals surface area (Å²) < 4.78 is 7.12. The normalized spacial score (nSPS) is 10.7. The van der Waals surface area contributed by atoms with E-state index in [0.717, 1.165) is 11.3 Å². The van der Waals surface area contributed by atoms with Crippen molar-refractivity contribution >= 4 is 28.7 Å². The molecule has 0 aliphatic heterocycles. The van der Waals surface area contributed by atoms with E-state index in [2.05, 4.69) is 25.6 Å². The summed E-state index contributed by atoms with van der Waals surface area (Å²) in [6, 6.07) is 19.5. The molecule has 5 rings (SSSR count). The van der Waals surface area contributed by atoms with Gasteiger partial charge in [0.1, 0.15) is 5.52 Å². The molecule has 0 aliphatic carbocycles. The molecular weight excluding hydrogens is 432 g/mol. The van der Waals surface area contributed by atoms with Gasteiger partial charge in [-0.3, -0.25) is 5.32 Å². The number of nitrogens with zero attached hydrogens (tertiary/aromatic N) is 4. The highest BCUT2D eigenvalue weighted by atomic mass is 16.5. The van der Waals surface area contributed by atoms with Crippen LogP contribution in [0.2, 0.25) is 0 Å². The number of carbonyl (C=O) groups is 1. The van der Waals surface area contributed by atoms with Crippen molar-refractivity contribution in [2.45, 2.75) is 0 Å². The lowest BCUT2D eigenvalue weighted by Crippen LogP contribution is -2.20. The predicted molar refractivity (Wildman–Crippen MR) is 129 cm³/mol. The van der Waals surface area contributed by atoms with E-state index >= 15 is 0 Å². The van der Waals surface area contributed by atoms with Crippen molar-refractivity contribution in [3.63, 3.8) is 0 Å². The summed E-state index contributed by atoms with van der Waals surface area (Å²) in [7, 11) is 1.48. The maximum Gasteiger partial charge on any atom is 0.324 e. The Balaban J connectivity index is 1.35. The number of phenolic OH excluding ortho intramolecular Hbond substituents is 1. The standard InChI is InChI=1S/C25H20N6O3/c1-34-22-13-16(7-10-21(22)32)19-8-9-20-24(28-19)29-23(15-26-20)30-25(33)27-17-5-4-6-18(14-17)31-11-2-3-12-31/h2-15,32H,1H3,(H2,27,28,29,30,33). The van der Waals surface area contributed by atoms with Crippen molar-refractivity contribution < 1.29 is 14.6 Å². The third-order valence-corrected chi connectivity index (χ3v) is 5.13. The first-order valence-electron chi connectivity index (χ1n) is 10.4. The summed E-state index contributed by atoms with van der Waals surface area (Å²) in [5.41, 5.74) is 3.90. The average Bonchev–Trinajstić information content (AvgIpc) is 3.39. The lowest BCUT2D eigenvalue weighted by atomic mass is 10.1. The number of nitrogens with one attached hydrogen (secondary N) is 2. The van der Waals surface area contributed by atoms with Gasteiger partial charge in [0.05, 0.1) is 19.0 Å². The van der Waals surface area contributed by atoms with Gasteiger partial charge < -0.3 is 19.7 Å². The number of pyridine rings is 1. The smallest absolute Gasteiger partial charge is 0.324 e. The number of phenols is 1. The Morgan fingerprint density at radius 3 is 2.65 bits per heavy atom. The first-order valence-corrected chi connectivity index (χ1v) is 10.4. The molecule has 0 bridgehead atoms. The van der Waals surface area contributed by atoms with Crippen LogP contribution in [0.5, 0.6) is 11.5 Å². The number of anilines is 2. The fourth-order valence-electron chi connectivity index (χ4n) is 3.49. The predicted octanol–water partition coefficient (Wildman–Crippen LogP) is 4.84. The number of carbonyl (C=O) groups excluding carboxylic acids is 1. The van der Waals surface area contributed by atoms with Gasteiger partial charge in [-0.25, -0.2) is 19.7 Å². The summed E-state index contributed by atoms with van der Waals surface area (Å²) in [6.07, 6.45) is 5.34. The van der Waals surface area contributed by atoms with Crippen LogP contribution < -0.4 is 15.4 Å². The number of hydrogen-bond acceptors (Lipinski definition) is 6. The van der Waals surface area contributed by atoms with E-state index < -0.39 is 6.03 Å². The Morgan fingerprint density at radius 2 is 1.82 bits per heavy atom. The van der Waals surface area contributed by atoms with Gasteiger partial charge in [0.2, 0.25) is 0 Å². The van der Waals surface area contributed by atoms with Gasteiger partial charge in [0, 0.05) is 29.3 Å². The molecule has 2 amide bonds. The van der Waals surface area contributed by atoms with E-state index in [9.17, 15) is 9.90 Å². The van der Waals surface area contributed by atoms with Crippen LogP contribution in [0.3, 0.4) is 0 Å². The number of fused-ring (bicyclic) bond motifs is 1. The molecular formula is C25H20N6O3. The van der Waals surface area contributed by atoms with Crippen LogP contribution in [-0.2, 0) is 0 Å². The first-order chi connectivity index (χ1) is 16.6. The Bertz CT molecular complexity index is 1480. The van der Waals surface area contributed by atoms with Gasteiger partial charge in [-0.15, -0.1) is 0 Å². The lowest BCUT2D eigenvalue weighted by molar-refractivity contribution is 0.262. The number of ether oxygens (including phenoxy) is 1. The van der Waals surface area contributed by atoms with Gasteiger partial charge in [0.25, 0.3) is 0 Å². The van der Waals surface area contributed by atoms with Crippen molar-refractivity contribution in [3.8, 4) is 28.4 Å². The number of aromatic hydroxyl groups is 1. The summed E-state index contributed by atoms with van der Waals surface area (Å²) >= 11 is 0. The quantitative estimate of drug-likeness (QED) is 0.352. The third kappa shape index (κ3) is 4.35. The summed E-state index contributed by atoms with van der Waals surface area (Å²) in [5.74, 6) is 0.654. The van der Waals surface area contributed by atoms with E-state index in [0.29, 0.717) is 28.3 Å². The Kier molecular flexibility index (Phi) is 5.49. The van der Waals surface area contributed by atoms with Crippen molar-refractivity contribution in [3.05, 3.63) is 85.3 Å². The molecule has 0 unspecified atom stereocenters. The van der Waals surface area contributed by atoms with Crippen LogP contribution >= 0.6 is 0 Å². The van der Waals surface area contributed by atoms with Crippen LogP contribution in [0.25, 0.3) is 28.1 Å². The molecule has 9 nitrogen and oxygen atoms in total. The molecule has 0 radical (unpaired) electrons. The van der Waals surface area contributed by atoms with Gasteiger partial charge in [-0.2, -0.15) is 0 Å². The van der Waals surface area contributed by atoms with Crippen LogP contribution in [0.1, 0.15) is 0 Å². The largest absolute Gasteiger partial charge is 0.504 e. The highest BCUT2D eigenvalue weighted by molar-refractivity contribution is 5.99. The van der Waals surface area contributed by atoms with E-state index in [-0.39, 0.29) is 11.6 Å². The molecule has 5 aromatic rings. The van der Waals surface area contributed by atoms with Gasteiger partial charge >= 0.3 is 6.03 Å². The Hall–Kier alpha value is -4.92. The molecule has 0 saturated heterocycles. The zero-order chi connectivity index (χ0) is 23.5. The molecule has 2 aromatic carbocycles. The van der Waals surface area contributed by atoms with Gasteiger partial charge in [-0.1, -0.05) is 6.07 Å². The van der Waals surface area contributed by atoms with Crippen LogP contribution in [0.4, 0.5) is 16.3 Å². The number of benzene rings is 2. The average molecular weight is 452 g/mol. The van der Waals surface area contributed by atoms with Crippen LogP contribution in [-0.4, -0.2) is 37.8 Å². The van der Waals surface area contributed by atoms with Crippen molar-refractivity contribution in [1.29, 1.82) is 0 Å². The Morgan fingerprint density at radius 1 is 0.971 bits per heavy atom. The van der Waals surface area contributed by atoms with Crippen LogP contribution in [0, 0.1) is 0 Å². The molecule has 0 aliphatic rings. The highest BCUT2D eigenvalue weighted by Gasteiger charge is 2.10. The molecule has 168 valence electrons. The minimum atomic E-state index is -0.447. The molecule has 34 heavy (non-hydrogen) atoms. The number of hydrogen-bond donors (Lipinski definition) is 3. The van der Waals surface area contributed by atoms with E-state index in [1.807, 2.05) is 47.3 Å². The highest BCUT2D eigenvalue weighted by Crippen LogP contribution is 2.31. The molecule has 3 heterocycles. The summed E-state index contributed by atoms with van der Waals surface area (Å²) in [4.78, 5) is 25.9. The van der Waals surface area contributed by atoms with E-state index in [1.54, 1.807) is 36.4 Å². The second kappa shape index (κ2) is 8.91. The molecule has 3 N–H and O–H groups in total. The third-order valence-electron chi connectivity index (χ3n) is 5.13. The molecule has 0 fully saturated rings. The van der Waals surface area contributed by atoms with Crippen molar-refractivity contribution in [1.82, 2.24) is 19.5 Å². The maximum absolute atomic E-state index is 12.6. The fraction of sp³-hybridized carbons (Fsp3) is 0.0400. The van der Waals surface area contributed by atoms with E-state index in [1.165, 1.54) is 13.3 Å². The minimum absolute atomic E-state index is 0.0447. The number of amides is 2. The molecule has 9 heteroatoms. The van der Waals surface area contributed by atoms with Crippen LogP contribution in [0.15, 0.2) is 85.3 Å². The summed E-state index contributed by atoms with van der Waals surface area (Å²) in [5, 5.41) is 15.3. The van der Waals surface area contributed by atoms with Crippen molar-refractivity contribution in [2.24, 2.45) is 0 Å². The summed E-state index contributed by atoms with van der Waals surface area (Å²) in [6.45, 7) is 0. The lowest BCUT2D eigenvalue weighted by Gasteiger charge is -2.10. The van der Waals surface area contributed by atoms with E-state index in [4.69, 9.17) is 4.74 Å². The van der Waals surface area contributed by atoms with Gasteiger partial charge in [0.15, 0.2) is 23.0 Å². The number of urea groups is 1. The van der Waals surface area contributed by atoms with Gasteiger partial charge in [-0.05, 0) is 60.7 Å². The second-order valence-electron chi connectivity index (χ2n) is 7.40.